The Morgan fingerprint density at radius 1 is 0.375 bits per heavy atom. The summed E-state index contributed by atoms with van der Waals surface area (Å²) in [5.41, 5.74) is 11.0. The zero-order valence-electron chi connectivity index (χ0n) is 25.8. The molecule has 48 heavy (non-hydrogen) atoms. The predicted octanol–water partition coefficient (Wildman–Crippen LogP) is 11.0. The third-order valence-electron chi connectivity index (χ3n) is 9.42. The third kappa shape index (κ3) is 4.01. The molecule has 0 saturated carbocycles. The molecule has 2 aromatic heterocycles. The van der Waals surface area contributed by atoms with Crippen LogP contribution in [0.4, 0.5) is 0 Å². The predicted molar refractivity (Wildman–Crippen MR) is 195 cm³/mol. The lowest BCUT2D eigenvalue weighted by Gasteiger charge is -2.21. The minimum absolute atomic E-state index is 0.502. The SMILES string of the molecule is N#Cc1ccc(C#N)c(-c2c(-c3ccccc3-n3c4ccccc4c4ccccc43)cccc2-n2c3ccccc3c3ccccc32)c1. The van der Waals surface area contributed by atoms with Crippen molar-refractivity contribution in [1.29, 1.82) is 10.5 Å². The van der Waals surface area contributed by atoms with Crippen molar-refractivity contribution < 1.29 is 0 Å². The molecule has 0 amide bonds. The van der Waals surface area contributed by atoms with E-state index in [0.717, 1.165) is 66.5 Å². The van der Waals surface area contributed by atoms with Crippen molar-refractivity contribution in [3.05, 3.63) is 169 Å². The summed E-state index contributed by atoms with van der Waals surface area (Å²) >= 11 is 0. The van der Waals surface area contributed by atoms with E-state index in [9.17, 15) is 10.5 Å². The van der Waals surface area contributed by atoms with E-state index < -0.39 is 0 Å². The van der Waals surface area contributed by atoms with Gasteiger partial charge in [0, 0.05) is 38.2 Å². The van der Waals surface area contributed by atoms with Crippen molar-refractivity contribution in [2.75, 3.05) is 0 Å². The standard InChI is InChI=1S/C44H26N4/c45-27-29-24-25-30(28-46)37(26-29)44-36(17-11-23-43(44)48-40-20-8-3-14-33(40)34-15-4-9-21-41(34)48)35-16-5-10-22-42(35)47-38-18-6-1-12-31(38)32-13-2-7-19-39(32)47/h1-26H. The second kappa shape index (κ2) is 10.9. The van der Waals surface area contributed by atoms with Gasteiger partial charge in [-0.3, -0.25) is 0 Å². The van der Waals surface area contributed by atoms with Crippen molar-refractivity contribution in [3.8, 4) is 45.8 Å². The van der Waals surface area contributed by atoms with Gasteiger partial charge in [0.1, 0.15) is 0 Å². The van der Waals surface area contributed by atoms with Crippen LogP contribution in [0.3, 0.4) is 0 Å². The van der Waals surface area contributed by atoms with Gasteiger partial charge in [0.25, 0.3) is 0 Å². The van der Waals surface area contributed by atoms with Gasteiger partial charge in [-0.15, -0.1) is 0 Å². The summed E-state index contributed by atoms with van der Waals surface area (Å²) < 4.78 is 4.64. The van der Waals surface area contributed by atoms with Crippen LogP contribution in [0.15, 0.2) is 158 Å². The maximum atomic E-state index is 10.5. The molecular formula is C44H26N4. The van der Waals surface area contributed by atoms with E-state index in [0.29, 0.717) is 11.1 Å². The van der Waals surface area contributed by atoms with Gasteiger partial charge in [0.05, 0.1) is 56.7 Å². The Morgan fingerprint density at radius 2 is 0.833 bits per heavy atom. The minimum Gasteiger partial charge on any atom is -0.309 e. The van der Waals surface area contributed by atoms with Gasteiger partial charge in [-0.2, -0.15) is 10.5 Å². The topological polar surface area (TPSA) is 57.4 Å². The Hall–Kier alpha value is -6.88. The molecule has 0 atom stereocenters. The first-order valence-electron chi connectivity index (χ1n) is 15.9. The van der Waals surface area contributed by atoms with Crippen LogP contribution >= 0.6 is 0 Å². The van der Waals surface area contributed by atoms with E-state index >= 15 is 0 Å². The Kier molecular flexibility index (Phi) is 6.22. The summed E-state index contributed by atoms with van der Waals surface area (Å²) in [6.07, 6.45) is 0. The fourth-order valence-corrected chi connectivity index (χ4v) is 7.41. The molecule has 9 aromatic rings. The monoisotopic (exact) mass is 610 g/mol. The van der Waals surface area contributed by atoms with Crippen LogP contribution in [0, 0.1) is 22.7 Å². The molecule has 0 aliphatic rings. The van der Waals surface area contributed by atoms with Crippen molar-refractivity contribution in [2.45, 2.75) is 0 Å². The summed E-state index contributed by atoms with van der Waals surface area (Å²) in [5.74, 6) is 0. The highest BCUT2D eigenvalue weighted by Gasteiger charge is 2.23. The molecule has 0 fully saturated rings. The molecule has 4 heteroatoms. The first-order chi connectivity index (χ1) is 23.8. The first-order valence-corrected chi connectivity index (χ1v) is 15.9. The number of fused-ring (bicyclic) bond motifs is 6. The van der Waals surface area contributed by atoms with E-state index in [1.165, 1.54) is 10.8 Å². The van der Waals surface area contributed by atoms with Gasteiger partial charge in [-0.1, -0.05) is 103 Å². The Bertz CT molecular complexity index is 2710. The number of hydrogen-bond acceptors (Lipinski definition) is 2. The number of hydrogen-bond donors (Lipinski definition) is 0. The normalized spacial score (nSPS) is 11.3. The second-order valence-electron chi connectivity index (χ2n) is 11.9. The van der Waals surface area contributed by atoms with Crippen molar-refractivity contribution in [2.24, 2.45) is 0 Å². The summed E-state index contributed by atoms with van der Waals surface area (Å²) in [6, 6.07) is 58.9. The molecule has 7 aromatic carbocycles. The van der Waals surface area contributed by atoms with E-state index in [1.807, 2.05) is 6.07 Å². The highest BCUT2D eigenvalue weighted by atomic mass is 15.0. The van der Waals surface area contributed by atoms with Crippen LogP contribution in [-0.4, -0.2) is 9.13 Å². The lowest BCUT2D eigenvalue weighted by atomic mass is 9.88. The van der Waals surface area contributed by atoms with E-state index in [-0.39, 0.29) is 0 Å². The Balaban J connectivity index is 1.44. The molecule has 0 bridgehead atoms. The lowest BCUT2D eigenvalue weighted by molar-refractivity contribution is 1.17. The number of nitriles is 2. The zero-order chi connectivity index (χ0) is 32.2. The molecule has 222 valence electrons. The van der Waals surface area contributed by atoms with Gasteiger partial charge in [0.15, 0.2) is 0 Å². The van der Waals surface area contributed by atoms with Gasteiger partial charge >= 0.3 is 0 Å². The smallest absolute Gasteiger partial charge is 0.0998 e. The molecule has 0 aliphatic carbocycles. The average molecular weight is 611 g/mol. The van der Waals surface area contributed by atoms with E-state index in [1.54, 1.807) is 12.1 Å². The van der Waals surface area contributed by atoms with Crippen molar-refractivity contribution in [1.82, 2.24) is 9.13 Å². The molecule has 0 aliphatic heterocycles. The number of para-hydroxylation sites is 5. The number of aromatic nitrogens is 2. The molecule has 0 N–H and O–H groups in total. The summed E-state index contributed by atoms with van der Waals surface area (Å²) in [6.45, 7) is 0. The Morgan fingerprint density at radius 3 is 1.38 bits per heavy atom. The van der Waals surface area contributed by atoms with Crippen LogP contribution in [0.2, 0.25) is 0 Å². The zero-order valence-corrected chi connectivity index (χ0v) is 25.8. The summed E-state index contributed by atoms with van der Waals surface area (Å²) in [5, 5.41) is 25.2. The van der Waals surface area contributed by atoms with Crippen LogP contribution in [-0.2, 0) is 0 Å². The molecule has 9 rings (SSSR count). The van der Waals surface area contributed by atoms with Gasteiger partial charge in [-0.05, 0) is 60.2 Å². The lowest BCUT2D eigenvalue weighted by Crippen LogP contribution is -2.03. The van der Waals surface area contributed by atoms with Gasteiger partial charge in [0.2, 0.25) is 0 Å². The van der Waals surface area contributed by atoms with E-state index in [4.69, 9.17) is 0 Å². The highest BCUT2D eigenvalue weighted by molar-refractivity contribution is 6.12. The summed E-state index contributed by atoms with van der Waals surface area (Å²) in [7, 11) is 0. The largest absolute Gasteiger partial charge is 0.309 e. The maximum Gasteiger partial charge on any atom is 0.0998 e. The van der Waals surface area contributed by atoms with Crippen molar-refractivity contribution >= 4 is 43.6 Å². The molecule has 0 unspecified atom stereocenters. The second-order valence-corrected chi connectivity index (χ2v) is 11.9. The van der Waals surface area contributed by atoms with Gasteiger partial charge < -0.3 is 9.13 Å². The quantitative estimate of drug-likeness (QED) is 0.199. The fraction of sp³-hybridized carbons (Fsp3) is 0. The molecule has 0 radical (unpaired) electrons. The number of rotatable bonds is 4. The molecule has 4 nitrogen and oxygen atoms in total. The molecule has 0 spiro atoms. The van der Waals surface area contributed by atoms with Gasteiger partial charge in [-0.25, -0.2) is 0 Å². The number of nitrogens with zero attached hydrogens (tertiary/aromatic N) is 4. The number of benzene rings is 7. The van der Waals surface area contributed by atoms with E-state index in [2.05, 4.69) is 161 Å². The molecule has 0 saturated heterocycles. The first kappa shape index (κ1) is 27.4. The maximum absolute atomic E-state index is 10.5. The van der Waals surface area contributed by atoms with Crippen LogP contribution in [0.1, 0.15) is 11.1 Å². The van der Waals surface area contributed by atoms with Crippen molar-refractivity contribution in [3.63, 3.8) is 0 Å². The van der Waals surface area contributed by atoms with Crippen LogP contribution < -0.4 is 0 Å². The average Bonchev–Trinajstić information content (AvgIpc) is 3.67. The highest BCUT2D eigenvalue weighted by Crippen LogP contribution is 2.45. The Labute approximate surface area is 277 Å². The van der Waals surface area contributed by atoms with Crippen LogP contribution in [0.5, 0.6) is 0 Å². The third-order valence-corrected chi connectivity index (χ3v) is 9.42. The van der Waals surface area contributed by atoms with Crippen LogP contribution in [0.25, 0.3) is 77.2 Å². The molecule has 2 heterocycles. The summed E-state index contributed by atoms with van der Waals surface area (Å²) in [4.78, 5) is 0. The fourth-order valence-electron chi connectivity index (χ4n) is 7.41. The minimum atomic E-state index is 0.502. The molecular weight excluding hydrogens is 585 g/mol.